The smallest absolute Gasteiger partial charge is 0.421 e. The van der Waals surface area contributed by atoms with Crippen molar-refractivity contribution >= 4 is 17.4 Å². The normalized spacial score (nSPS) is 12.6. The van der Waals surface area contributed by atoms with E-state index in [2.05, 4.69) is 20.1 Å². The number of esters is 1. The Hall–Kier alpha value is -3.34. The van der Waals surface area contributed by atoms with E-state index in [1.165, 1.54) is 10.7 Å². The van der Waals surface area contributed by atoms with Crippen molar-refractivity contribution in [3.8, 4) is 5.75 Å². The van der Waals surface area contributed by atoms with Crippen LogP contribution in [0.4, 0.5) is 19.0 Å². The first-order valence-corrected chi connectivity index (χ1v) is 8.99. The van der Waals surface area contributed by atoms with Crippen molar-refractivity contribution in [2.24, 2.45) is 0 Å². The van der Waals surface area contributed by atoms with Gasteiger partial charge in [-0.25, -0.2) is 18.7 Å². The number of carbonyl (C=O) groups excluding carboxylic acids is 1. The molecule has 0 saturated carbocycles. The molecular weight excluding hydrogens is 405 g/mol. The summed E-state index contributed by atoms with van der Waals surface area (Å²) in [5, 5.41) is 15.7. The van der Waals surface area contributed by atoms with E-state index < -0.39 is 30.5 Å². The number of halogens is 3. The van der Waals surface area contributed by atoms with E-state index in [-0.39, 0.29) is 34.9 Å². The Bertz CT molecular complexity index is 1060. The van der Waals surface area contributed by atoms with Gasteiger partial charge in [-0.2, -0.15) is 13.9 Å². The minimum absolute atomic E-state index is 0.0870. The lowest BCUT2D eigenvalue weighted by atomic mass is 10.1. The fraction of sp³-hybridized carbons (Fsp3) is 0.316. The molecule has 0 saturated heterocycles. The molecule has 2 N–H and O–H groups in total. The fourth-order valence-corrected chi connectivity index (χ4v) is 2.75. The third kappa shape index (κ3) is 4.62. The summed E-state index contributed by atoms with van der Waals surface area (Å²) in [7, 11) is 0. The van der Waals surface area contributed by atoms with Crippen LogP contribution in [0.2, 0.25) is 0 Å². The monoisotopic (exact) mass is 424 g/mol. The second kappa shape index (κ2) is 8.57. The zero-order valence-corrected chi connectivity index (χ0v) is 16.1. The predicted molar refractivity (Wildman–Crippen MR) is 100 cm³/mol. The molecular formula is C19H19F3N4O4. The molecule has 0 bridgehead atoms. The number of rotatable bonds is 8. The Labute approximate surface area is 169 Å². The Balaban J connectivity index is 1.90. The molecule has 0 aliphatic heterocycles. The average molecular weight is 424 g/mol. The Morgan fingerprint density at radius 1 is 1.37 bits per heavy atom. The van der Waals surface area contributed by atoms with Gasteiger partial charge in [0, 0.05) is 11.8 Å². The van der Waals surface area contributed by atoms with Crippen molar-refractivity contribution in [1.82, 2.24) is 14.6 Å². The van der Waals surface area contributed by atoms with Crippen LogP contribution in [0.3, 0.4) is 0 Å². The van der Waals surface area contributed by atoms with Crippen molar-refractivity contribution in [2.45, 2.75) is 26.0 Å². The topological polar surface area (TPSA) is 98.0 Å². The van der Waals surface area contributed by atoms with Crippen LogP contribution in [-0.2, 0) is 4.74 Å². The Morgan fingerprint density at radius 2 is 2.13 bits per heavy atom. The molecule has 1 atom stereocenters. The average Bonchev–Trinajstić information content (AvgIpc) is 3.12. The highest BCUT2D eigenvalue weighted by molar-refractivity contribution is 5.95. The lowest BCUT2D eigenvalue weighted by Crippen LogP contribution is -2.30. The molecule has 0 radical (unpaired) electrons. The molecule has 2 aromatic heterocycles. The summed E-state index contributed by atoms with van der Waals surface area (Å²) in [6.45, 7) is 1.92. The van der Waals surface area contributed by atoms with E-state index in [4.69, 9.17) is 9.84 Å². The number of fused-ring (bicyclic) bond motifs is 1. The van der Waals surface area contributed by atoms with Gasteiger partial charge in [-0.1, -0.05) is 0 Å². The van der Waals surface area contributed by atoms with Crippen LogP contribution in [0.1, 0.15) is 35.8 Å². The van der Waals surface area contributed by atoms with Gasteiger partial charge < -0.3 is 19.9 Å². The summed E-state index contributed by atoms with van der Waals surface area (Å²) in [6, 6.07) is 3.91. The number of anilines is 1. The van der Waals surface area contributed by atoms with Crippen LogP contribution in [-0.4, -0.2) is 45.0 Å². The maximum Gasteiger partial charge on any atom is 0.421 e. The van der Waals surface area contributed by atoms with E-state index in [0.29, 0.717) is 0 Å². The minimum atomic E-state index is -3.82. The van der Waals surface area contributed by atoms with Gasteiger partial charge >= 0.3 is 12.1 Å². The number of aromatic nitrogens is 3. The van der Waals surface area contributed by atoms with E-state index >= 15 is 0 Å². The van der Waals surface area contributed by atoms with Crippen molar-refractivity contribution < 1.29 is 32.5 Å². The maximum absolute atomic E-state index is 13.7. The molecule has 0 fully saturated rings. The number of aliphatic hydroxyl groups is 1. The Kier molecular flexibility index (Phi) is 6.11. The van der Waals surface area contributed by atoms with Gasteiger partial charge in [0.15, 0.2) is 5.65 Å². The van der Waals surface area contributed by atoms with E-state index in [1.807, 2.05) is 0 Å². The summed E-state index contributed by atoms with van der Waals surface area (Å²) in [5.74, 6) is -1.25. The highest BCUT2D eigenvalue weighted by Crippen LogP contribution is 2.32. The molecule has 1 aromatic carbocycles. The lowest BCUT2D eigenvalue weighted by Gasteiger charge is -2.22. The summed E-state index contributed by atoms with van der Waals surface area (Å²) in [5.41, 5.74) is 0.475. The number of carbonyl (C=O) groups is 1. The molecule has 11 heteroatoms. The number of benzene rings is 1. The van der Waals surface area contributed by atoms with Gasteiger partial charge in [0.1, 0.15) is 29.6 Å². The molecule has 0 aliphatic carbocycles. The molecule has 30 heavy (non-hydrogen) atoms. The highest BCUT2D eigenvalue weighted by Gasteiger charge is 2.32. The number of nitrogens with one attached hydrogen (secondary N) is 1. The number of aliphatic hydroxyl groups excluding tert-OH is 1. The van der Waals surface area contributed by atoms with Crippen molar-refractivity contribution in [2.75, 3.05) is 18.5 Å². The molecule has 0 unspecified atom stereocenters. The summed E-state index contributed by atoms with van der Waals surface area (Å²) >= 11 is 0. The van der Waals surface area contributed by atoms with Crippen LogP contribution >= 0.6 is 0 Å². The first kappa shape index (κ1) is 21.4. The van der Waals surface area contributed by atoms with Crippen LogP contribution < -0.4 is 10.1 Å². The van der Waals surface area contributed by atoms with Gasteiger partial charge in [-0.05, 0) is 38.1 Å². The van der Waals surface area contributed by atoms with Crippen molar-refractivity contribution in [1.29, 1.82) is 0 Å². The maximum atomic E-state index is 13.7. The molecule has 2 heterocycles. The standard InChI is InChI=1S/C19H19F3N4O4/c1-3-29-18(28)14-9-23-26-7-6-16(25-17(14)26)24-11(2)13-8-12(20)4-5-15(13)30-19(21,22)10-27/h4-9,11,27H,3,10H2,1-2H3,(H,24,25)/t11-/m1/s1. The second-order valence-electron chi connectivity index (χ2n) is 6.31. The van der Waals surface area contributed by atoms with Crippen molar-refractivity contribution in [3.05, 3.63) is 53.6 Å². The largest absolute Gasteiger partial charge is 0.462 e. The summed E-state index contributed by atoms with van der Waals surface area (Å²) < 4.78 is 51.6. The zero-order chi connectivity index (χ0) is 21.9. The van der Waals surface area contributed by atoms with E-state index in [1.54, 1.807) is 26.1 Å². The van der Waals surface area contributed by atoms with Gasteiger partial charge in [-0.3, -0.25) is 0 Å². The number of alkyl halides is 2. The number of hydrogen-bond donors (Lipinski definition) is 2. The third-order valence-corrected chi connectivity index (χ3v) is 4.11. The molecule has 0 spiro atoms. The van der Waals surface area contributed by atoms with E-state index in [9.17, 15) is 18.0 Å². The van der Waals surface area contributed by atoms with Crippen molar-refractivity contribution in [3.63, 3.8) is 0 Å². The van der Waals surface area contributed by atoms with Gasteiger partial charge in [0.2, 0.25) is 0 Å². The van der Waals surface area contributed by atoms with Crippen LogP contribution in [0.15, 0.2) is 36.7 Å². The van der Waals surface area contributed by atoms with Gasteiger partial charge in [0.25, 0.3) is 0 Å². The number of nitrogens with zero attached hydrogens (tertiary/aromatic N) is 3. The Morgan fingerprint density at radius 3 is 2.83 bits per heavy atom. The molecule has 3 rings (SSSR count). The number of ether oxygens (including phenoxy) is 2. The van der Waals surface area contributed by atoms with Crippen LogP contribution in [0.5, 0.6) is 5.75 Å². The number of hydrogen-bond acceptors (Lipinski definition) is 7. The van der Waals surface area contributed by atoms with Gasteiger partial charge in [0.05, 0.1) is 18.8 Å². The SMILES string of the molecule is CCOC(=O)c1cnn2ccc(N[C@H](C)c3cc(F)ccc3OC(F)(F)CO)nc12. The molecule has 3 aromatic rings. The minimum Gasteiger partial charge on any atom is -0.462 e. The quantitative estimate of drug-likeness (QED) is 0.536. The van der Waals surface area contributed by atoms with Crippen LogP contribution in [0.25, 0.3) is 5.65 Å². The highest BCUT2D eigenvalue weighted by atomic mass is 19.3. The summed E-state index contributed by atoms with van der Waals surface area (Å²) in [4.78, 5) is 16.3. The summed E-state index contributed by atoms with van der Waals surface area (Å²) in [6.07, 6.45) is -0.957. The zero-order valence-electron chi connectivity index (χ0n) is 16.1. The third-order valence-electron chi connectivity index (χ3n) is 4.11. The van der Waals surface area contributed by atoms with Crippen LogP contribution in [0, 0.1) is 5.82 Å². The molecule has 160 valence electrons. The lowest BCUT2D eigenvalue weighted by molar-refractivity contribution is -0.201. The first-order chi connectivity index (χ1) is 14.2. The molecule has 0 aliphatic rings. The molecule has 8 nitrogen and oxygen atoms in total. The predicted octanol–water partition coefficient (Wildman–Crippen LogP) is 3.18. The second-order valence-corrected chi connectivity index (χ2v) is 6.31. The molecule has 0 amide bonds. The van der Waals surface area contributed by atoms with Gasteiger partial charge in [-0.15, -0.1) is 0 Å². The first-order valence-electron chi connectivity index (χ1n) is 8.99. The fourth-order valence-electron chi connectivity index (χ4n) is 2.75. The van der Waals surface area contributed by atoms with E-state index in [0.717, 1.165) is 18.2 Å².